The van der Waals surface area contributed by atoms with E-state index in [1.54, 1.807) is 12.5 Å². The van der Waals surface area contributed by atoms with E-state index >= 15 is 0 Å². The number of benzene rings is 2. The molecule has 2 aromatic carbocycles. The highest BCUT2D eigenvalue weighted by molar-refractivity contribution is 7.80. The summed E-state index contributed by atoms with van der Waals surface area (Å²) in [6.45, 7) is 2.62. The van der Waals surface area contributed by atoms with Crippen LogP contribution in [0.25, 0.3) is 5.69 Å². The molecule has 4 nitrogen and oxygen atoms in total. The Morgan fingerprint density at radius 1 is 1.21 bits per heavy atom. The molecule has 0 fully saturated rings. The molecular weight excluding hydrogens is 340 g/mol. The SMILES string of the molecule is Cc1ccc(NC(=S)NCc2ccc(-n3ccnc3)cc2)cc1Cl. The van der Waals surface area contributed by atoms with Gasteiger partial charge in [0.2, 0.25) is 0 Å². The summed E-state index contributed by atoms with van der Waals surface area (Å²) in [6, 6.07) is 14.0. The number of halogens is 1. The van der Waals surface area contributed by atoms with Crippen LogP contribution in [0.2, 0.25) is 5.02 Å². The van der Waals surface area contributed by atoms with E-state index in [0.29, 0.717) is 11.7 Å². The van der Waals surface area contributed by atoms with Crippen LogP contribution in [0.15, 0.2) is 61.2 Å². The lowest BCUT2D eigenvalue weighted by Gasteiger charge is -2.12. The lowest BCUT2D eigenvalue weighted by molar-refractivity contribution is 0.923. The Bertz CT molecular complexity index is 829. The number of nitrogens with zero attached hydrogens (tertiary/aromatic N) is 2. The van der Waals surface area contributed by atoms with Crippen molar-refractivity contribution in [2.75, 3.05) is 5.32 Å². The van der Waals surface area contributed by atoms with Crippen molar-refractivity contribution in [1.82, 2.24) is 14.9 Å². The number of rotatable bonds is 4. The van der Waals surface area contributed by atoms with Crippen LogP contribution in [0.3, 0.4) is 0 Å². The highest BCUT2D eigenvalue weighted by Gasteiger charge is 2.02. The second-order valence-corrected chi connectivity index (χ2v) is 6.22. The van der Waals surface area contributed by atoms with Gasteiger partial charge in [0.15, 0.2) is 5.11 Å². The molecule has 0 unspecified atom stereocenters. The van der Waals surface area contributed by atoms with Crippen LogP contribution in [-0.4, -0.2) is 14.7 Å². The summed E-state index contributed by atoms with van der Waals surface area (Å²) < 4.78 is 1.96. The lowest BCUT2D eigenvalue weighted by Crippen LogP contribution is -2.27. The topological polar surface area (TPSA) is 41.9 Å². The van der Waals surface area contributed by atoms with Crippen LogP contribution in [0.1, 0.15) is 11.1 Å². The van der Waals surface area contributed by atoms with Crippen LogP contribution in [-0.2, 0) is 6.54 Å². The van der Waals surface area contributed by atoms with E-state index in [9.17, 15) is 0 Å². The number of aromatic nitrogens is 2. The van der Waals surface area contributed by atoms with Gasteiger partial charge >= 0.3 is 0 Å². The summed E-state index contributed by atoms with van der Waals surface area (Å²) in [4.78, 5) is 4.05. The molecule has 0 saturated carbocycles. The van der Waals surface area contributed by atoms with Gasteiger partial charge in [-0.05, 0) is 54.5 Å². The van der Waals surface area contributed by atoms with E-state index in [2.05, 4.69) is 39.9 Å². The van der Waals surface area contributed by atoms with E-state index in [0.717, 1.165) is 27.5 Å². The first-order chi connectivity index (χ1) is 11.6. The quantitative estimate of drug-likeness (QED) is 0.683. The van der Waals surface area contributed by atoms with E-state index in [-0.39, 0.29) is 0 Å². The predicted molar refractivity (Wildman–Crippen MR) is 103 cm³/mol. The van der Waals surface area contributed by atoms with Crippen molar-refractivity contribution in [2.24, 2.45) is 0 Å². The maximum absolute atomic E-state index is 6.12. The number of hydrogen-bond acceptors (Lipinski definition) is 2. The Kier molecular flexibility index (Phi) is 5.13. The summed E-state index contributed by atoms with van der Waals surface area (Å²) >= 11 is 11.4. The number of imidazole rings is 1. The van der Waals surface area contributed by atoms with Gasteiger partial charge < -0.3 is 15.2 Å². The van der Waals surface area contributed by atoms with Gasteiger partial charge in [0, 0.05) is 35.3 Å². The van der Waals surface area contributed by atoms with Crippen molar-refractivity contribution in [3.63, 3.8) is 0 Å². The van der Waals surface area contributed by atoms with Crippen molar-refractivity contribution >= 4 is 34.6 Å². The molecule has 0 radical (unpaired) electrons. The van der Waals surface area contributed by atoms with Crippen molar-refractivity contribution in [2.45, 2.75) is 13.5 Å². The molecule has 1 aromatic heterocycles. The number of hydrogen-bond donors (Lipinski definition) is 2. The minimum atomic E-state index is 0.564. The lowest BCUT2D eigenvalue weighted by atomic mass is 10.2. The smallest absolute Gasteiger partial charge is 0.171 e. The molecule has 0 aliphatic carbocycles. The summed E-state index contributed by atoms with van der Waals surface area (Å²) in [7, 11) is 0. The van der Waals surface area contributed by atoms with Gasteiger partial charge in [0.05, 0.1) is 6.33 Å². The fraction of sp³-hybridized carbons (Fsp3) is 0.111. The third-order valence-corrected chi connectivity index (χ3v) is 4.28. The second kappa shape index (κ2) is 7.47. The van der Waals surface area contributed by atoms with Gasteiger partial charge in [-0.2, -0.15) is 0 Å². The molecule has 122 valence electrons. The summed E-state index contributed by atoms with van der Waals surface area (Å²) in [6.07, 6.45) is 5.45. The fourth-order valence-electron chi connectivity index (χ4n) is 2.23. The summed E-state index contributed by atoms with van der Waals surface area (Å²) in [5, 5.41) is 7.62. The highest BCUT2D eigenvalue weighted by Crippen LogP contribution is 2.19. The molecule has 0 aliphatic rings. The molecule has 0 spiro atoms. The molecule has 0 atom stereocenters. The summed E-state index contributed by atoms with van der Waals surface area (Å²) in [5.41, 5.74) is 4.13. The first-order valence-corrected chi connectivity index (χ1v) is 8.29. The number of anilines is 1. The van der Waals surface area contributed by atoms with Gasteiger partial charge in [-0.25, -0.2) is 4.98 Å². The molecule has 3 aromatic rings. The second-order valence-electron chi connectivity index (χ2n) is 5.41. The molecule has 24 heavy (non-hydrogen) atoms. The van der Waals surface area contributed by atoms with Crippen molar-refractivity contribution in [3.8, 4) is 5.69 Å². The number of aryl methyl sites for hydroxylation is 1. The average molecular weight is 357 g/mol. The van der Waals surface area contributed by atoms with Crippen molar-refractivity contribution in [1.29, 1.82) is 0 Å². The monoisotopic (exact) mass is 356 g/mol. The largest absolute Gasteiger partial charge is 0.358 e. The highest BCUT2D eigenvalue weighted by atomic mass is 35.5. The molecule has 0 amide bonds. The van der Waals surface area contributed by atoms with Crippen LogP contribution in [0.4, 0.5) is 5.69 Å². The normalized spacial score (nSPS) is 10.4. The van der Waals surface area contributed by atoms with Gasteiger partial charge in [0.1, 0.15) is 0 Å². The Hall–Kier alpha value is -2.37. The Balaban J connectivity index is 1.55. The minimum Gasteiger partial charge on any atom is -0.358 e. The van der Waals surface area contributed by atoms with E-state index in [4.69, 9.17) is 23.8 Å². The zero-order valence-corrected chi connectivity index (χ0v) is 14.7. The van der Waals surface area contributed by atoms with Gasteiger partial charge in [-0.3, -0.25) is 0 Å². The molecular formula is C18H17ClN4S. The first kappa shape index (κ1) is 16.5. The Labute approximate surface area is 151 Å². The van der Waals surface area contributed by atoms with Crippen molar-refractivity contribution in [3.05, 3.63) is 77.3 Å². The maximum atomic E-state index is 6.12. The zero-order valence-electron chi connectivity index (χ0n) is 13.2. The van der Waals surface area contributed by atoms with Crippen LogP contribution >= 0.6 is 23.8 Å². The van der Waals surface area contributed by atoms with Crippen LogP contribution in [0, 0.1) is 6.92 Å². The predicted octanol–water partition coefficient (Wildman–Crippen LogP) is 4.32. The summed E-state index contributed by atoms with van der Waals surface area (Å²) in [5.74, 6) is 0. The Morgan fingerprint density at radius 2 is 2.00 bits per heavy atom. The third-order valence-electron chi connectivity index (χ3n) is 3.62. The molecule has 0 aliphatic heterocycles. The van der Waals surface area contributed by atoms with Crippen LogP contribution < -0.4 is 10.6 Å². The number of thiocarbonyl (C=S) groups is 1. The fourth-order valence-corrected chi connectivity index (χ4v) is 2.60. The van der Waals surface area contributed by atoms with Crippen molar-refractivity contribution < 1.29 is 0 Å². The molecule has 2 N–H and O–H groups in total. The maximum Gasteiger partial charge on any atom is 0.171 e. The van der Waals surface area contributed by atoms with E-state index in [1.807, 2.05) is 35.9 Å². The average Bonchev–Trinajstić information content (AvgIpc) is 3.11. The van der Waals surface area contributed by atoms with Gasteiger partial charge in [-0.1, -0.05) is 29.8 Å². The molecule has 6 heteroatoms. The Morgan fingerprint density at radius 3 is 2.67 bits per heavy atom. The first-order valence-electron chi connectivity index (χ1n) is 7.50. The molecule has 1 heterocycles. The van der Waals surface area contributed by atoms with Crippen LogP contribution in [0.5, 0.6) is 0 Å². The molecule has 0 bridgehead atoms. The van der Waals surface area contributed by atoms with E-state index < -0.39 is 0 Å². The minimum absolute atomic E-state index is 0.564. The van der Waals surface area contributed by atoms with Gasteiger partial charge in [-0.15, -0.1) is 0 Å². The molecule has 3 rings (SSSR count). The standard InChI is InChI=1S/C18H17ClN4S/c1-13-2-5-15(10-17(13)19)22-18(24)21-11-14-3-6-16(7-4-14)23-9-8-20-12-23/h2-10,12H,11H2,1H3,(H2,21,22,24). The van der Waals surface area contributed by atoms with E-state index in [1.165, 1.54) is 0 Å². The van der Waals surface area contributed by atoms with Gasteiger partial charge in [0.25, 0.3) is 0 Å². The number of nitrogens with one attached hydrogen (secondary N) is 2. The zero-order chi connectivity index (χ0) is 16.9. The third kappa shape index (κ3) is 4.13. The molecule has 0 saturated heterocycles.